The minimum Gasteiger partial charge on any atom is -0.396 e. The van der Waals surface area contributed by atoms with Gasteiger partial charge in [0.2, 0.25) is 0 Å². The third kappa shape index (κ3) is 4.04. The molecule has 2 rings (SSSR count). The lowest BCUT2D eigenvalue weighted by atomic mass is 9.83. The molecule has 2 atom stereocenters. The molecule has 0 saturated carbocycles. The summed E-state index contributed by atoms with van der Waals surface area (Å²) < 4.78 is 0. The summed E-state index contributed by atoms with van der Waals surface area (Å²) in [5.74, 6) is 0. The minimum atomic E-state index is -0.530. The van der Waals surface area contributed by atoms with Crippen LogP contribution >= 0.6 is 0 Å². The predicted molar refractivity (Wildman–Crippen MR) is 78.1 cm³/mol. The van der Waals surface area contributed by atoms with E-state index in [9.17, 15) is 5.11 Å². The molecule has 2 N–H and O–H groups in total. The Kier molecular flexibility index (Phi) is 5.43. The Labute approximate surface area is 117 Å². The largest absolute Gasteiger partial charge is 0.396 e. The van der Waals surface area contributed by atoms with E-state index in [1.54, 1.807) is 0 Å². The van der Waals surface area contributed by atoms with Gasteiger partial charge in [-0.2, -0.15) is 0 Å². The van der Waals surface area contributed by atoms with Crippen molar-refractivity contribution in [2.45, 2.75) is 69.9 Å². The number of fused-ring (bicyclic) bond motifs is 1. The molecule has 110 valence electrons. The fourth-order valence-electron chi connectivity index (χ4n) is 3.67. The van der Waals surface area contributed by atoms with Gasteiger partial charge in [0.05, 0.1) is 5.60 Å². The topological polar surface area (TPSA) is 43.7 Å². The van der Waals surface area contributed by atoms with Crippen LogP contribution in [0.5, 0.6) is 0 Å². The van der Waals surface area contributed by atoms with Crippen molar-refractivity contribution in [2.24, 2.45) is 0 Å². The monoisotopic (exact) mass is 267 g/mol. The number of aliphatic hydroxyl groups is 2. The third-order valence-corrected chi connectivity index (χ3v) is 4.62. The second-order valence-electron chi connectivity index (χ2n) is 6.45. The van der Waals surface area contributed by atoms with Crippen molar-refractivity contribution >= 4 is 0 Å². The first-order valence-electron chi connectivity index (χ1n) is 7.88. The summed E-state index contributed by atoms with van der Waals surface area (Å²) in [6.07, 6.45) is 11.2. The lowest BCUT2D eigenvalue weighted by Crippen LogP contribution is -2.52. The van der Waals surface area contributed by atoms with Crippen LogP contribution in [0, 0.1) is 0 Å². The van der Waals surface area contributed by atoms with E-state index in [0.717, 1.165) is 45.2 Å². The maximum atomic E-state index is 10.6. The first-order valence-corrected chi connectivity index (χ1v) is 7.88. The predicted octanol–water partition coefficient (Wildman–Crippen LogP) is 2.47. The van der Waals surface area contributed by atoms with Crippen LogP contribution in [-0.2, 0) is 0 Å². The number of piperidine rings is 1. The molecule has 2 aliphatic rings. The maximum absolute atomic E-state index is 10.6. The number of rotatable bonds is 6. The summed E-state index contributed by atoms with van der Waals surface area (Å²) in [6.45, 7) is 4.54. The second kappa shape index (κ2) is 6.87. The quantitative estimate of drug-likeness (QED) is 0.574. The molecule has 3 heteroatoms. The molecule has 0 spiro atoms. The van der Waals surface area contributed by atoms with Crippen LogP contribution in [0.15, 0.2) is 11.6 Å². The normalized spacial score (nSPS) is 33.8. The molecule has 0 aromatic rings. The van der Waals surface area contributed by atoms with Gasteiger partial charge in [-0.3, -0.25) is 4.90 Å². The standard InChI is InChI=1S/C16H29NO2/c1-16(19)12-14(8-5-3-2-4-6-11-18)13-17-10-7-9-15(16)17/h8,15,18-19H,2-7,9-13H2,1H3/b14-8-/t15-,16-/m0/s1. The molecular weight excluding hydrogens is 238 g/mol. The van der Waals surface area contributed by atoms with Crippen molar-refractivity contribution in [3.05, 3.63) is 11.6 Å². The smallest absolute Gasteiger partial charge is 0.0811 e. The van der Waals surface area contributed by atoms with Crippen molar-refractivity contribution in [1.29, 1.82) is 0 Å². The van der Waals surface area contributed by atoms with Crippen LogP contribution in [0.2, 0.25) is 0 Å². The molecule has 2 fully saturated rings. The van der Waals surface area contributed by atoms with Crippen molar-refractivity contribution < 1.29 is 10.2 Å². The number of hydrogen-bond donors (Lipinski definition) is 2. The summed E-state index contributed by atoms with van der Waals surface area (Å²) in [5, 5.41) is 19.3. The molecule has 3 nitrogen and oxygen atoms in total. The number of nitrogens with zero attached hydrogens (tertiary/aromatic N) is 1. The van der Waals surface area contributed by atoms with Crippen LogP contribution in [0.3, 0.4) is 0 Å². The molecular formula is C16H29NO2. The van der Waals surface area contributed by atoms with E-state index in [2.05, 4.69) is 11.0 Å². The van der Waals surface area contributed by atoms with Gasteiger partial charge in [0, 0.05) is 19.2 Å². The first kappa shape index (κ1) is 15.0. The molecule has 0 radical (unpaired) electrons. The number of hydrogen-bond acceptors (Lipinski definition) is 3. The molecule has 0 unspecified atom stereocenters. The Morgan fingerprint density at radius 1 is 1.32 bits per heavy atom. The Morgan fingerprint density at radius 3 is 2.89 bits per heavy atom. The average Bonchev–Trinajstić information content (AvgIpc) is 2.82. The highest BCUT2D eigenvalue weighted by molar-refractivity contribution is 5.16. The van der Waals surface area contributed by atoms with Gasteiger partial charge in [-0.25, -0.2) is 0 Å². The van der Waals surface area contributed by atoms with Gasteiger partial charge >= 0.3 is 0 Å². The van der Waals surface area contributed by atoms with Gasteiger partial charge in [0.25, 0.3) is 0 Å². The molecule has 0 aliphatic carbocycles. The molecule has 0 amide bonds. The molecule has 2 aliphatic heterocycles. The second-order valence-corrected chi connectivity index (χ2v) is 6.45. The molecule has 2 heterocycles. The molecule has 19 heavy (non-hydrogen) atoms. The highest BCUT2D eigenvalue weighted by Gasteiger charge is 2.43. The highest BCUT2D eigenvalue weighted by Crippen LogP contribution is 2.36. The fourth-order valence-corrected chi connectivity index (χ4v) is 3.67. The zero-order valence-corrected chi connectivity index (χ0v) is 12.3. The van der Waals surface area contributed by atoms with Gasteiger partial charge in [0.15, 0.2) is 0 Å². The Morgan fingerprint density at radius 2 is 2.11 bits per heavy atom. The van der Waals surface area contributed by atoms with Gasteiger partial charge in [-0.15, -0.1) is 0 Å². The van der Waals surface area contributed by atoms with E-state index in [-0.39, 0.29) is 0 Å². The number of aliphatic hydroxyl groups excluding tert-OH is 1. The Bertz CT molecular complexity index is 312. The minimum absolute atomic E-state index is 0.320. The van der Waals surface area contributed by atoms with Crippen molar-refractivity contribution in [2.75, 3.05) is 19.7 Å². The van der Waals surface area contributed by atoms with Crippen LogP contribution in [0.4, 0.5) is 0 Å². The SMILES string of the molecule is C[C@]1(O)C/C(=C/CCCCCCO)CN2CCC[C@H]21. The van der Waals surface area contributed by atoms with Gasteiger partial charge in [-0.05, 0) is 52.0 Å². The van der Waals surface area contributed by atoms with E-state index in [4.69, 9.17) is 5.11 Å². The van der Waals surface area contributed by atoms with Crippen LogP contribution in [0.25, 0.3) is 0 Å². The number of allylic oxidation sites excluding steroid dienone is 1. The van der Waals surface area contributed by atoms with Crippen molar-refractivity contribution in [3.63, 3.8) is 0 Å². The Balaban J connectivity index is 1.77. The summed E-state index contributed by atoms with van der Waals surface area (Å²) in [5.41, 5.74) is 0.891. The van der Waals surface area contributed by atoms with E-state index >= 15 is 0 Å². The van der Waals surface area contributed by atoms with Crippen LogP contribution < -0.4 is 0 Å². The van der Waals surface area contributed by atoms with E-state index in [1.807, 2.05) is 6.92 Å². The van der Waals surface area contributed by atoms with Crippen LogP contribution in [0.1, 0.15) is 58.3 Å². The fraction of sp³-hybridized carbons (Fsp3) is 0.875. The summed E-state index contributed by atoms with van der Waals surface area (Å²) >= 11 is 0. The maximum Gasteiger partial charge on any atom is 0.0811 e. The summed E-state index contributed by atoms with van der Waals surface area (Å²) in [4.78, 5) is 2.46. The lowest BCUT2D eigenvalue weighted by Gasteiger charge is -2.42. The number of unbranched alkanes of at least 4 members (excludes halogenated alkanes) is 4. The molecule has 0 bridgehead atoms. The summed E-state index contributed by atoms with van der Waals surface area (Å²) in [7, 11) is 0. The van der Waals surface area contributed by atoms with Gasteiger partial charge < -0.3 is 10.2 Å². The zero-order chi connectivity index (χ0) is 13.7. The molecule has 2 saturated heterocycles. The average molecular weight is 267 g/mol. The summed E-state index contributed by atoms with van der Waals surface area (Å²) in [6, 6.07) is 0.384. The zero-order valence-electron chi connectivity index (χ0n) is 12.3. The van der Waals surface area contributed by atoms with E-state index in [1.165, 1.54) is 24.8 Å². The first-order chi connectivity index (χ1) is 9.13. The lowest BCUT2D eigenvalue weighted by molar-refractivity contribution is -0.0329. The highest BCUT2D eigenvalue weighted by atomic mass is 16.3. The van der Waals surface area contributed by atoms with Gasteiger partial charge in [0.1, 0.15) is 0 Å². The Hall–Kier alpha value is -0.380. The molecule has 0 aromatic heterocycles. The molecule has 0 aromatic carbocycles. The van der Waals surface area contributed by atoms with E-state index in [0.29, 0.717) is 12.6 Å². The van der Waals surface area contributed by atoms with Crippen molar-refractivity contribution in [1.82, 2.24) is 4.90 Å². The third-order valence-electron chi connectivity index (χ3n) is 4.62. The van der Waals surface area contributed by atoms with E-state index < -0.39 is 5.60 Å². The van der Waals surface area contributed by atoms with Gasteiger partial charge in [-0.1, -0.05) is 24.5 Å². The van der Waals surface area contributed by atoms with Crippen molar-refractivity contribution in [3.8, 4) is 0 Å². The van der Waals surface area contributed by atoms with Crippen LogP contribution in [-0.4, -0.2) is 46.5 Å².